The normalized spacial score (nSPS) is 13.1. The van der Waals surface area contributed by atoms with Crippen LogP contribution in [0.1, 0.15) is 27.6 Å². The zero-order chi connectivity index (χ0) is 18.7. The van der Waals surface area contributed by atoms with E-state index in [1.807, 2.05) is 4.83 Å². The Morgan fingerprint density at radius 1 is 0.962 bits per heavy atom. The van der Waals surface area contributed by atoms with E-state index >= 15 is 0 Å². The third-order valence-electron chi connectivity index (χ3n) is 3.65. The van der Waals surface area contributed by atoms with Crippen molar-refractivity contribution in [1.29, 1.82) is 0 Å². The average Bonchev–Trinajstić information content (AvgIpc) is 2.66. The number of ether oxygens (including phenoxy) is 2. The summed E-state index contributed by atoms with van der Waals surface area (Å²) in [6.45, 7) is 2.14. The van der Waals surface area contributed by atoms with Crippen molar-refractivity contribution in [1.82, 2.24) is 10.3 Å². The number of hydrogen-bond acceptors (Lipinski definition) is 6. The molecule has 0 aliphatic carbocycles. The molecule has 0 atom stereocenters. The molecule has 1 heterocycles. The molecule has 2 aromatic rings. The lowest BCUT2D eigenvalue weighted by Crippen LogP contribution is -2.41. The van der Waals surface area contributed by atoms with Crippen LogP contribution in [0, 0.1) is 0 Å². The predicted molar refractivity (Wildman–Crippen MR) is 91.7 cm³/mol. The van der Waals surface area contributed by atoms with Gasteiger partial charge in [-0.15, -0.1) is 4.83 Å². The maximum absolute atomic E-state index is 12.3. The van der Waals surface area contributed by atoms with E-state index in [4.69, 9.17) is 9.47 Å². The molecule has 1 aliphatic rings. The van der Waals surface area contributed by atoms with Crippen LogP contribution in [-0.4, -0.2) is 33.3 Å². The van der Waals surface area contributed by atoms with E-state index in [2.05, 4.69) is 5.43 Å². The highest BCUT2D eigenvalue weighted by Gasteiger charge is 2.19. The third kappa shape index (κ3) is 3.84. The molecule has 8 nitrogen and oxygen atoms in total. The first-order chi connectivity index (χ1) is 12.4. The smallest absolute Gasteiger partial charge is 0.266 e. The van der Waals surface area contributed by atoms with Gasteiger partial charge in [-0.05, 0) is 37.3 Å². The average molecular weight is 376 g/mol. The Kier molecular flexibility index (Phi) is 4.92. The maximum Gasteiger partial charge on any atom is 0.266 e. The van der Waals surface area contributed by atoms with Crippen molar-refractivity contribution >= 4 is 21.7 Å². The molecule has 0 spiro atoms. The first-order valence-corrected chi connectivity index (χ1v) is 9.18. The number of fused-ring (bicyclic) bond motifs is 1. The highest BCUT2D eigenvalue weighted by Crippen LogP contribution is 2.30. The molecule has 0 bridgehead atoms. The van der Waals surface area contributed by atoms with Crippen molar-refractivity contribution in [3.8, 4) is 11.5 Å². The summed E-state index contributed by atoms with van der Waals surface area (Å²) in [7, 11) is -4.03. The Morgan fingerprint density at radius 3 is 2.42 bits per heavy atom. The van der Waals surface area contributed by atoms with Gasteiger partial charge in [-0.1, -0.05) is 12.1 Å². The van der Waals surface area contributed by atoms with E-state index in [0.29, 0.717) is 24.7 Å². The lowest BCUT2D eigenvalue weighted by Gasteiger charge is -2.18. The fourth-order valence-electron chi connectivity index (χ4n) is 2.31. The highest BCUT2D eigenvalue weighted by molar-refractivity contribution is 7.89. The van der Waals surface area contributed by atoms with Crippen molar-refractivity contribution in [2.45, 2.75) is 11.8 Å². The van der Waals surface area contributed by atoms with E-state index in [0.717, 1.165) is 0 Å². The van der Waals surface area contributed by atoms with Gasteiger partial charge < -0.3 is 9.47 Å². The Balaban J connectivity index is 1.72. The van der Waals surface area contributed by atoms with Gasteiger partial charge in [0.1, 0.15) is 13.2 Å². The van der Waals surface area contributed by atoms with E-state index in [-0.39, 0.29) is 21.8 Å². The fraction of sp³-hybridized carbons (Fsp3) is 0.176. The first kappa shape index (κ1) is 17.9. The van der Waals surface area contributed by atoms with E-state index in [9.17, 15) is 18.0 Å². The molecule has 0 saturated carbocycles. The van der Waals surface area contributed by atoms with Crippen molar-refractivity contribution < 1.29 is 27.5 Å². The minimum absolute atomic E-state index is 0.132. The quantitative estimate of drug-likeness (QED) is 0.601. The van der Waals surface area contributed by atoms with Gasteiger partial charge in [0.15, 0.2) is 17.3 Å². The number of hydrogen-bond donors (Lipinski definition) is 2. The Labute approximate surface area is 150 Å². The Bertz CT molecular complexity index is 971. The van der Waals surface area contributed by atoms with Crippen molar-refractivity contribution in [2.75, 3.05) is 13.2 Å². The van der Waals surface area contributed by atoms with Crippen LogP contribution in [-0.2, 0) is 10.0 Å². The summed E-state index contributed by atoms with van der Waals surface area (Å²) in [5.74, 6) is 0.0194. The van der Waals surface area contributed by atoms with Crippen LogP contribution >= 0.6 is 0 Å². The van der Waals surface area contributed by atoms with Gasteiger partial charge in [-0.3, -0.25) is 15.0 Å². The number of sulfonamides is 1. The molecule has 0 radical (unpaired) electrons. The summed E-state index contributed by atoms with van der Waals surface area (Å²) in [5.41, 5.74) is 2.59. The van der Waals surface area contributed by atoms with Crippen molar-refractivity contribution in [2.24, 2.45) is 0 Å². The monoisotopic (exact) mass is 376 g/mol. The minimum atomic E-state index is -4.03. The number of hydrazine groups is 1. The minimum Gasteiger partial charge on any atom is -0.486 e. The van der Waals surface area contributed by atoms with Gasteiger partial charge in [0.25, 0.3) is 15.9 Å². The van der Waals surface area contributed by atoms with Crippen LogP contribution < -0.4 is 19.7 Å². The summed E-state index contributed by atoms with van der Waals surface area (Å²) in [4.78, 5) is 25.5. The van der Waals surface area contributed by atoms with E-state index in [1.54, 1.807) is 6.07 Å². The van der Waals surface area contributed by atoms with E-state index < -0.39 is 15.9 Å². The number of Topliss-reactive ketones (excluding diaryl/α,β-unsaturated/α-hetero) is 1. The number of nitrogens with one attached hydrogen (secondary N) is 2. The van der Waals surface area contributed by atoms with Crippen LogP contribution in [0.3, 0.4) is 0 Å². The standard InChI is InChI=1S/C17H16N2O6S/c1-11(20)12-3-2-4-14(9-12)26(22,23)19-18-17(21)13-5-6-15-16(10-13)25-8-7-24-15/h2-6,9-10,19H,7-8H2,1H3,(H,18,21). The number of carbonyl (C=O) groups excluding carboxylic acids is 2. The molecular formula is C17H16N2O6S. The van der Waals surface area contributed by atoms with Crippen LogP contribution in [0.4, 0.5) is 0 Å². The second kappa shape index (κ2) is 7.14. The predicted octanol–water partition coefficient (Wildman–Crippen LogP) is 1.28. The van der Waals surface area contributed by atoms with Crippen LogP contribution in [0.15, 0.2) is 47.4 Å². The zero-order valence-electron chi connectivity index (χ0n) is 13.8. The molecule has 1 aliphatic heterocycles. The highest BCUT2D eigenvalue weighted by atomic mass is 32.2. The van der Waals surface area contributed by atoms with Crippen LogP contribution in [0.5, 0.6) is 11.5 Å². The third-order valence-corrected chi connectivity index (χ3v) is 4.90. The molecule has 9 heteroatoms. The molecular weight excluding hydrogens is 360 g/mol. The summed E-state index contributed by atoms with van der Waals surface area (Å²) < 4.78 is 35.3. The number of benzene rings is 2. The molecule has 0 fully saturated rings. The summed E-state index contributed by atoms with van der Waals surface area (Å²) in [6, 6.07) is 10.1. The number of carbonyl (C=O) groups is 2. The summed E-state index contributed by atoms with van der Waals surface area (Å²) in [5, 5.41) is 0. The molecule has 2 aromatic carbocycles. The van der Waals surface area contributed by atoms with Gasteiger partial charge in [-0.2, -0.15) is 0 Å². The fourth-order valence-corrected chi connectivity index (χ4v) is 3.20. The number of amides is 1. The Morgan fingerprint density at radius 2 is 1.69 bits per heavy atom. The van der Waals surface area contributed by atoms with Gasteiger partial charge in [0.2, 0.25) is 0 Å². The molecule has 26 heavy (non-hydrogen) atoms. The summed E-state index contributed by atoms with van der Waals surface area (Å²) in [6.07, 6.45) is 0. The van der Waals surface area contributed by atoms with Gasteiger partial charge >= 0.3 is 0 Å². The number of rotatable bonds is 5. The number of ketones is 1. The molecule has 1 amide bonds. The second-order valence-electron chi connectivity index (χ2n) is 5.50. The largest absolute Gasteiger partial charge is 0.486 e. The molecule has 2 N–H and O–H groups in total. The zero-order valence-corrected chi connectivity index (χ0v) is 14.6. The van der Waals surface area contributed by atoms with Crippen molar-refractivity contribution in [3.63, 3.8) is 0 Å². The molecule has 0 unspecified atom stereocenters. The molecule has 136 valence electrons. The topological polar surface area (TPSA) is 111 Å². The molecule has 0 aromatic heterocycles. The molecule has 3 rings (SSSR count). The summed E-state index contributed by atoms with van der Waals surface area (Å²) >= 11 is 0. The Hall–Kier alpha value is -2.91. The second-order valence-corrected chi connectivity index (χ2v) is 7.18. The lowest BCUT2D eigenvalue weighted by molar-refractivity contribution is 0.0943. The van der Waals surface area contributed by atoms with Gasteiger partial charge in [0, 0.05) is 11.1 Å². The lowest BCUT2D eigenvalue weighted by atomic mass is 10.2. The van der Waals surface area contributed by atoms with Crippen molar-refractivity contribution in [3.05, 3.63) is 53.6 Å². The van der Waals surface area contributed by atoms with Crippen LogP contribution in [0.25, 0.3) is 0 Å². The first-order valence-electron chi connectivity index (χ1n) is 7.69. The van der Waals surface area contributed by atoms with Crippen LogP contribution in [0.2, 0.25) is 0 Å². The SMILES string of the molecule is CC(=O)c1cccc(S(=O)(=O)NNC(=O)c2ccc3c(c2)OCCO3)c1. The van der Waals surface area contributed by atoms with E-state index in [1.165, 1.54) is 43.3 Å². The molecule has 0 saturated heterocycles. The van der Waals surface area contributed by atoms with Gasteiger partial charge in [0.05, 0.1) is 4.90 Å². The maximum atomic E-state index is 12.3. The van der Waals surface area contributed by atoms with Gasteiger partial charge in [-0.25, -0.2) is 8.42 Å².